The van der Waals surface area contributed by atoms with E-state index in [1.54, 1.807) is 6.92 Å². The Morgan fingerprint density at radius 3 is 2.39 bits per heavy atom. The molecule has 0 radical (unpaired) electrons. The maximum Gasteiger partial charge on any atom is 0.314 e. The molecule has 0 bridgehead atoms. The molecule has 1 atom stereocenters. The largest absolute Gasteiger partial charge is 0.340 e. The first kappa shape index (κ1) is 18.0. The Labute approximate surface area is 137 Å². The maximum atomic E-state index is 11.7. The summed E-state index contributed by atoms with van der Waals surface area (Å²) >= 11 is 0. The van der Waals surface area contributed by atoms with Crippen LogP contribution in [0.5, 0.6) is 0 Å². The van der Waals surface area contributed by atoms with E-state index in [4.69, 9.17) is 0 Å². The van der Waals surface area contributed by atoms with E-state index in [0.717, 1.165) is 32.7 Å². The van der Waals surface area contributed by atoms with Gasteiger partial charge in [0, 0.05) is 52.7 Å². The Morgan fingerprint density at radius 2 is 1.83 bits per heavy atom. The van der Waals surface area contributed by atoms with Crippen LogP contribution in [0, 0.1) is 5.92 Å². The van der Waals surface area contributed by atoms with Crippen molar-refractivity contribution >= 4 is 21.8 Å². The van der Waals surface area contributed by atoms with Gasteiger partial charge >= 0.3 is 6.03 Å². The Kier molecular flexibility index (Phi) is 6.23. The summed E-state index contributed by atoms with van der Waals surface area (Å²) in [4.78, 5) is 27.0. The molecule has 8 nitrogen and oxygen atoms in total. The van der Waals surface area contributed by atoms with Gasteiger partial charge in [-0.15, -0.1) is 0 Å². The van der Waals surface area contributed by atoms with Crippen LogP contribution in [0.1, 0.15) is 13.3 Å². The van der Waals surface area contributed by atoms with E-state index < -0.39 is 9.84 Å². The number of nitrogens with zero attached hydrogens (tertiary/aromatic N) is 2. The van der Waals surface area contributed by atoms with Crippen LogP contribution in [0.3, 0.4) is 0 Å². The Morgan fingerprint density at radius 1 is 1.13 bits per heavy atom. The fraction of sp³-hybridized carbons (Fsp3) is 0.857. The van der Waals surface area contributed by atoms with Gasteiger partial charge in [-0.3, -0.25) is 9.69 Å². The molecular formula is C14H26N4O4S. The van der Waals surface area contributed by atoms with E-state index in [0.29, 0.717) is 19.5 Å². The number of carbonyl (C=O) groups excluding carboxylic acids is 2. The summed E-state index contributed by atoms with van der Waals surface area (Å²) in [6.45, 7) is 6.38. The van der Waals surface area contributed by atoms with E-state index in [1.807, 2.05) is 4.90 Å². The van der Waals surface area contributed by atoms with Gasteiger partial charge in [0.2, 0.25) is 5.91 Å². The van der Waals surface area contributed by atoms with Gasteiger partial charge in [-0.1, -0.05) is 0 Å². The molecule has 2 rings (SSSR count). The lowest BCUT2D eigenvalue weighted by Crippen LogP contribution is -2.50. The molecule has 0 unspecified atom stereocenters. The van der Waals surface area contributed by atoms with Crippen LogP contribution in [0.2, 0.25) is 0 Å². The van der Waals surface area contributed by atoms with Crippen LogP contribution >= 0.6 is 0 Å². The Hall–Kier alpha value is -1.35. The third-order valence-electron chi connectivity index (χ3n) is 4.41. The molecule has 9 heteroatoms. The maximum absolute atomic E-state index is 11.7. The number of urea groups is 1. The van der Waals surface area contributed by atoms with Crippen LogP contribution in [0.4, 0.5) is 4.79 Å². The van der Waals surface area contributed by atoms with Crippen LogP contribution in [-0.4, -0.2) is 87.5 Å². The highest BCUT2D eigenvalue weighted by molar-refractivity contribution is 7.91. The van der Waals surface area contributed by atoms with Crippen molar-refractivity contribution in [3.8, 4) is 0 Å². The zero-order chi connectivity index (χ0) is 16.9. The number of rotatable bonds is 5. The minimum atomic E-state index is -2.89. The number of nitrogens with one attached hydrogen (secondary N) is 2. The summed E-state index contributed by atoms with van der Waals surface area (Å²) in [5, 5.41) is 5.52. The highest BCUT2D eigenvalue weighted by Crippen LogP contribution is 2.17. The molecule has 0 aromatic heterocycles. The zero-order valence-corrected chi connectivity index (χ0v) is 14.4. The second-order valence-electron chi connectivity index (χ2n) is 6.25. The lowest BCUT2D eigenvalue weighted by molar-refractivity contribution is -0.130. The van der Waals surface area contributed by atoms with Crippen molar-refractivity contribution in [3.63, 3.8) is 0 Å². The van der Waals surface area contributed by atoms with E-state index in [2.05, 4.69) is 15.5 Å². The van der Waals surface area contributed by atoms with Gasteiger partial charge in [-0.25, -0.2) is 13.2 Å². The Balaban J connectivity index is 1.54. The number of amides is 3. The first-order valence-electron chi connectivity index (χ1n) is 8.06. The lowest BCUT2D eigenvalue weighted by Gasteiger charge is -2.34. The van der Waals surface area contributed by atoms with Crippen LogP contribution < -0.4 is 10.6 Å². The van der Waals surface area contributed by atoms with Crippen LogP contribution in [0.15, 0.2) is 0 Å². The van der Waals surface area contributed by atoms with Gasteiger partial charge in [-0.05, 0) is 12.3 Å². The fourth-order valence-electron chi connectivity index (χ4n) is 2.95. The topological polar surface area (TPSA) is 98.8 Å². The molecule has 2 aliphatic heterocycles. The van der Waals surface area contributed by atoms with Gasteiger partial charge in [0.1, 0.15) is 0 Å². The van der Waals surface area contributed by atoms with Crippen molar-refractivity contribution in [2.75, 3.05) is 57.3 Å². The summed E-state index contributed by atoms with van der Waals surface area (Å²) < 4.78 is 22.7. The molecule has 0 saturated carbocycles. The molecule has 0 aliphatic carbocycles. The van der Waals surface area contributed by atoms with Gasteiger partial charge in [-0.2, -0.15) is 0 Å². The van der Waals surface area contributed by atoms with Crippen LogP contribution in [0.25, 0.3) is 0 Å². The van der Waals surface area contributed by atoms with E-state index in [-0.39, 0.29) is 29.4 Å². The average molecular weight is 346 g/mol. The van der Waals surface area contributed by atoms with E-state index in [9.17, 15) is 18.0 Å². The summed E-state index contributed by atoms with van der Waals surface area (Å²) in [7, 11) is -2.89. The molecule has 0 aromatic rings. The van der Waals surface area contributed by atoms with Gasteiger partial charge in [0.25, 0.3) is 0 Å². The molecule has 23 heavy (non-hydrogen) atoms. The Bertz CT molecular complexity index is 529. The minimum absolute atomic E-state index is 0.0328. The third-order valence-corrected chi connectivity index (χ3v) is 6.25. The van der Waals surface area contributed by atoms with Gasteiger partial charge in [0.15, 0.2) is 9.84 Å². The van der Waals surface area contributed by atoms with E-state index in [1.165, 1.54) is 0 Å². The van der Waals surface area contributed by atoms with Gasteiger partial charge < -0.3 is 15.5 Å². The van der Waals surface area contributed by atoms with Crippen molar-refractivity contribution in [2.24, 2.45) is 5.92 Å². The minimum Gasteiger partial charge on any atom is -0.340 e. The summed E-state index contributed by atoms with van der Waals surface area (Å²) in [6.07, 6.45) is 0.628. The van der Waals surface area contributed by atoms with Crippen molar-refractivity contribution in [1.82, 2.24) is 20.4 Å². The SMILES string of the molecule is CC(=O)N1CCN(CCNC(=O)NC[C@H]2CCS(=O)(=O)C2)CC1. The molecule has 132 valence electrons. The summed E-state index contributed by atoms with van der Waals surface area (Å²) in [5.74, 6) is 0.544. The number of piperazine rings is 1. The second kappa shape index (κ2) is 7.96. The first-order chi connectivity index (χ1) is 10.9. The predicted octanol–water partition coefficient (Wildman–Crippen LogP) is -1.12. The van der Waals surface area contributed by atoms with Crippen molar-refractivity contribution in [1.29, 1.82) is 0 Å². The number of hydrogen-bond donors (Lipinski definition) is 2. The standard InChI is InChI=1S/C14H26N4O4S/c1-12(19)18-7-5-17(6-8-18)4-3-15-14(20)16-10-13-2-9-23(21,22)11-13/h13H,2-11H2,1H3,(H2,15,16,20)/t13-/m1/s1. The molecule has 2 heterocycles. The smallest absolute Gasteiger partial charge is 0.314 e. The van der Waals surface area contributed by atoms with Crippen LogP contribution in [-0.2, 0) is 14.6 Å². The normalized spacial score (nSPS) is 24.4. The molecule has 0 aromatic carbocycles. The average Bonchev–Trinajstić information content (AvgIpc) is 2.85. The molecule has 2 saturated heterocycles. The predicted molar refractivity (Wildman–Crippen MR) is 86.9 cm³/mol. The summed E-state index contributed by atoms with van der Waals surface area (Å²) in [5.41, 5.74) is 0. The monoisotopic (exact) mass is 346 g/mol. The number of carbonyl (C=O) groups is 2. The molecule has 3 amide bonds. The fourth-order valence-corrected chi connectivity index (χ4v) is 4.81. The summed E-state index contributed by atoms with van der Waals surface area (Å²) in [6, 6.07) is -0.253. The van der Waals surface area contributed by atoms with E-state index >= 15 is 0 Å². The van der Waals surface area contributed by atoms with Crippen molar-refractivity contribution in [3.05, 3.63) is 0 Å². The third kappa shape index (κ3) is 5.98. The number of hydrogen-bond acceptors (Lipinski definition) is 5. The number of sulfone groups is 1. The van der Waals surface area contributed by atoms with Crippen molar-refractivity contribution < 1.29 is 18.0 Å². The van der Waals surface area contributed by atoms with Gasteiger partial charge in [0.05, 0.1) is 11.5 Å². The highest BCUT2D eigenvalue weighted by atomic mass is 32.2. The second-order valence-corrected chi connectivity index (χ2v) is 8.48. The molecule has 2 N–H and O–H groups in total. The molecule has 2 aliphatic rings. The molecular weight excluding hydrogens is 320 g/mol. The van der Waals surface area contributed by atoms with Crippen molar-refractivity contribution in [2.45, 2.75) is 13.3 Å². The molecule has 2 fully saturated rings. The lowest BCUT2D eigenvalue weighted by atomic mass is 10.1. The highest BCUT2D eigenvalue weighted by Gasteiger charge is 2.27. The quantitative estimate of drug-likeness (QED) is 0.657. The zero-order valence-electron chi connectivity index (χ0n) is 13.6. The molecule has 0 spiro atoms. The first-order valence-corrected chi connectivity index (χ1v) is 9.88.